The molecule has 4 amide bonds. The van der Waals surface area contributed by atoms with Crippen LogP contribution >= 0.6 is 0 Å². The van der Waals surface area contributed by atoms with E-state index in [-0.39, 0.29) is 48.0 Å². The van der Waals surface area contributed by atoms with Crippen LogP contribution in [0.15, 0.2) is 42.5 Å². The zero-order valence-electron chi connectivity index (χ0n) is 37.0. The van der Waals surface area contributed by atoms with Crippen LogP contribution in [-0.4, -0.2) is 130 Å². The fourth-order valence-corrected chi connectivity index (χ4v) is 7.34. The van der Waals surface area contributed by atoms with Gasteiger partial charge >= 0.3 is 6.09 Å². The van der Waals surface area contributed by atoms with Crippen molar-refractivity contribution < 1.29 is 42.9 Å². The van der Waals surface area contributed by atoms with Gasteiger partial charge in [0.05, 0.1) is 43.8 Å². The number of nitrogens with two attached hydrogens (primary N) is 3. The van der Waals surface area contributed by atoms with Crippen LogP contribution < -0.4 is 37.3 Å². The Hall–Kier alpha value is -6.38. The van der Waals surface area contributed by atoms with Crippen molar-refractivity contribution in [2.75, 3.05) is 76.0 Å². The van der Waals surface area contributed by atoms with Gasteiger partial charge in [0.2, 0.25) is 17.8 Å². The molecule has 340 valence electrons. The normalized spacial score (nSPS) is 16.7. The van der Waals surface area contributed by atoms with Gasteiger partial charge in [0, 0.05) is 56.9 Å². The number of amides is 4. The third-order valence-corrected chi connectivity index (χ3v) is 10.3. The second-order valence-electron chi connectivity index (χ2n) is 16.9. The van der Waals surface area contributed by atoms with Crippen LogP contribution in [-0.2, 0) is 27.3 Å². The number of piperazine rings is 1. The van der Waals surface area contributed by atoms with Gasteiger partial charge in [0.15, 0.2) is 5.79 Å². The van der Waals surface area contributed by atoms with Crippen molar-refractivity contribution in [3.63, 3.8) is 0 Å². The molecule has 6 rings (SSSR count). The van der Waals surface area contributed by atoms with E-state index in [1.807, 2.05) is 46.8 Å². The van der Waals surface area contributed by atoms with Gasteiger partial charge < -0.3 is 55.7 Å². The number of methoxy groups -OCH3 is 1. The smallest absolute Gasteiger partial charge is 0.410 e. The maximum atomic E-state index is 13.9. The molecule has 0 aliphatic carbocycles. The number of ether oxygens (including phenoxy) is 5. The van der Waals surface area contributed by atoms with Crippen LogP contribution in [0.3, 0.4) is 0 Å². The number of carbonyl (C=O) groups is 4. The van der Waals surface area contributed by atoms with Gasteiger partial charge in [-0.05, 0) is 78.3 Å². The lowest BCUT2D eigenvalue weighted by molar-refractivity contribution is -0.139. The molecule has 1 atom stereocenters. The molecule has 2 aliphatic rings. The standard InChI is InChI=1S/C43H59N11O9/c1-26-19-32(54(50-26)24-29-25-61-43(5,6)62-29)39(57)49-40-48-31-21-28(38(46)56)23-34(59-7)36(31)53(40)13-9-8-11-47-35-30(44)20-27(37(45)55)22-33(35)60-18-10-12-51-14-16-52(17-15-51)41(58)63-42(2,3)4/h8-9,19-23,29,47H,10-18,24-25,44H2,1-7H3,(H2,45,55)(H2,46,56)(H,48,49,57)/b9-8+. The number of hydrogen-bond donors (Lipinski definition) is 5. The summed E-state index contributed by atoms with van der Waals surface area (Å²) in [6, 6.07) is 7.80. The number of carbonyl (C=O) groups excluding carboxylic acids is 4. The molecule has 2 aromatic carbocycles. The van der Waals surface area contributed by atoms with Gasteiger partial charge in [-0.15, -0.1) is 0 Å². The molecule has 63 heavy (non-hydrogen) atoms. The van der Waals surface area contributed by atoms with Gasteiger partial charge in [-0.3, -0.25) is 29.3 Å². The first-order valence-corrected chi connectivity index (χ1v) is 20.8. The van der Waals surface area contributed by atoms with Gasteiger partial charge in [-0.25, -0.2) is 9.78 Å². The highest BCUT2D eigenvalue weighted by Gasteiger charge is 2.34. The molecule has 8 N–H and O–H groups in total. The van der Waals surface area contributed by atoms with E-state index in [1.54, 1.807) is 33.2 Å². The number of aromatic nitrogens is 4. The second-order valence-corrected chi connectivity index (χ2v) is 16.9. The maximum Gasteiger partial charge on any atom is 0.410 e. The number of hydrogen-bond acceptors (Lipinski definition) is 14. The number of nitrogen functional groups attached to an aromatic ring is 1. The van der Waals surface area contributed by atoms with Crippen molar-refractivity contribution in [2.45, 2.75) is 78.5 Å². The van der Waals surface area contributed by atoms with Crippen molar-refractivity contribution in [3.05, 3.63) is 65.0 Å². The Labute approximate surface area is 365 Å². The highest BCUT2D eigenvalue weighted by atomic mass is 16.7. The summed E-state index contributed by atoms with van der Waals surface area (Å²) in [6.45, 7) is 15.8. The Morgan fingerprint density at radius 1 is 0.984 bits per heavy atom. The molecular formula is C43H59N11O9. The number of nitrogens with one attached hydrogen (secondary N) is 2. The van der Waals surface area contributed by atoms with Crippen LogP contribution in [0, 0.1) is 6.92 Å². The van der Waals surface area contributed by atoms with E-state index in [2.05, 4.69) is 20.6 Å². The van der Waals surface area contributed by atoms with E-state index in [0.29, 0.717) is 92.0 Å². The van der Waals surface area contributed by atoms with Crippen molar-refractivity contribution >= 4 is 52.2 Å². The SMILES string of the molecule is COc1cc(C(N)=O)cc2nc(NC(=O)c3cc(C)nn3CC3COC(C)(C)O3)n(C/C=C/CNc3c(N)cc(C(N)=O)cc3OCCCN3CCN(C(=O)OC(C)(C)C)CC3)c12. The first-order valence-electron chi connectivity index (χ1n) is 20.8. The number of allylic oxidation sites excluding steroid dienone is 1. The van der Waals surface area contributed by atoms with Gasteiger partial charge in [0.1, 0.15) is 40.1 Å². The summed E-state index contributed by atoms with van der Waals surface area (Å²) in [5.74, 6) is -1.62. The highest BCUT2D eigenvalue weighted by Crippen LogP contribution is 2.34. The third kappa shape index (κ3) is 11.8. The number of fused-ring (bicyclic) bond motifs is 1. The van der Waals surface area contributed by atoms with Crippen LogP contribution in [0.2, 0.25) is 0 Å². The number of anilines is 3. The summed E-state index contributed by atoms with van der Waals surface area (Å²) in [5, 5.41) is 10.8. The number of primary amides is 2. The lowest BCUT2D eigenvalue weighted by Gasteiger charge is -2.35. The van der Waals surface area contributed by atoms with E-state index in [0.717, 1.165) is 6.54 Å². The first kappa shape index (κ1) is 46.1. The molecule has 4 aromatic rings. The average Bonchev–Trinajstić information content (AvgIpc) is 3.88. The molecule has 2 fully saturated rings. The molecule has 2 saturated heterocycles. The summed E-state index contributed by atoms with van der Waals surface area (Å²) < 4.78 is 32.4. The Kier molecular flexibility index (Phi) is 14.2. The lowest BCUT2D eigenvalue weighted by atomic mass is 10.1. The van der Waals surface area contributed by atoms with E-state index in [4.69, 9.17) is 45.9 Å². The minimum Gasteiger partial charge on any atom is -0.494 e. The Morgan fingerprint density at radius 3 is 2.33 bits per heavy atom. The molecule has 1 unspecified atom stereocenters. The van der Waals surface area contributed by atoms with Gasteiger partial charge in [0.25, 0.3) is 5.91 Å². The van der Waals surface area contributed by atoms with Crippen LogP contribution in [0.5, 0.6) is 11.5 Å². The summed E-state index contributed by atoms with van der Waals surface area (Å²) in [6.07, 6.45) is 3.77. The number of rotatable bonds is 17. The minimum absolute atomic E-state index is 0.186. The number of aryl methyl sites for hydroxylation is 1. The van der Waals surface area contributed by atoms with Crippen molar-refractivity contribution in [1.29, 1.82) is 0 Å². The Balaban J connectivity index is 1.13. The summed E-state index contributed by atoms with van der Waals surface area (Å²) in [5.41, 5.74) is 20.1. The molecule has 20 heteroatoms. The van der Waals surface area contributed by atoms with Crippen LogP contribution in [0.4, 0.5) is 22.1 Å². The quantitative estimate of drug-likeness (QED) is 0.0576. The largest absolute Gasteiger partial charge is 0.494 e. The number of nitrogens with zero attached hydrogens (tertiary/aromatic N) is 6. The zero-order valence-corrected chi connectivity index (χ0v) is 37.0. The van der Waals surface area contributed by atoms with Crippen molar-refractivity contribution in [2.24, 2.45) is 11.5 Å². The Morgan fingerprint density at radius 2 is 1.68 bits per heavy atom. The van der Waals surface area contributed by atoms with Crippen molar-refractivity contribution in [1.82, 2.24) is 29.1 Å². The molecule has 2 aromatic heterocycles. The summed E-state index contributed by atoms with van der Waals surface area (Å²) >= 11 is 0. The lowest BCUT2D eigenvalue weighted by Crippen LogP contribution is -2.50. The molecule has 0 saturated carbocycles. The number of benzene rings is 2. The molecule has 4 heterocycles. The fraction of sp³-hybridized carbons (Fsp3) is 0.488. The van der Waals surface area contributed by atoms with E-state index < -0.39 is 29.1 Å². The second kappa shape index (κ2) is 19.3. The zero-order chi connectivity index (χ0) is 45.6. The topological polar surface area (TPSA) is 259 Å². The van der Waals surface area contributed by atoms with E-state index >= 15 is 0 Å². The van der Waals surface area contributed by atoms with E-state index in [1.165, 1.54) is 25.3 Å². The van der Waals surface area contributed by atoms with Crippen LogP contribution in [0.25, 0.3) is 11.0 Å². The van der Waals surface area contributed by atoms with Crippen molar-refractivity contribution in [3.8, 4) is 11.5 Å². The minimum atomic E-state index is -0.741. The number of imidazole rings is 1. The third-order valence-electron chi connectivity index (χ3n) is 10.3. The monoisotopic (exact) mass is 873 g/mol. The molecule has 0 radical (unpaired) electrons. The highest BCUT2D eigenvalue weighted by molar-refractivity contribution is 6.04. The fourth-order valence-electron chi connectivity index (χ4n) is 7.34. The summed E-state index contributed by atoms with van der Waals surface area (Å²) in [4.78, 5) is 59.4. The summed E-state index contributed by atoms with van der Waals surface area (Å²) in [7, 11) is 1.47. The molecule has 2 aliphatic heterocycles. The molecule has 20 nitrogen and oxygen atoms in total. The maximum absolute atomic E-state index is 13.9. The predicted octanol–water partition coefficient (Wildman–Crippen LogP) is 3.72. The van der Waals surface area contributed by atoms with E-state index in [9.17, 15) is 19.2 Å². The predicted molar refractivity (Wildman–Crippen MR) is 236 cm³/mol. The van der Waals surface area contributed by atoms with Crippen LogP contribution in [0.1, 0.15) is 77.9 Å². The first-order chi connectivity index (χ1) is 29.8. The van der Waals surface area contributed by atoms with Gasteiger partial charge in [-0.2, -0.15) is 5.10 Å². The Bertz CT molecular complexity index is 2360. The average molecular weight is 874 g/mol. The molecular weight excluding hydrogens is 815 g/mol. The molecule has 0 spiro atoms. The molecule has 0 bridgehead atoms. The van der Waals surface area contributed by atoms with Gasteiger partial charge in [-0.1, -0.05) is 12.2 Å².